The van der Waals surface area contributed by atoms with E-state index in [-0.39, 0.29) is 6.61 Å². The average molecular weight is 490 g/mol. The quantitative estimate of drug-likeness (QED) is 0.455. The molecule has 0 radical (unpaired) electrons. The van der Waals surface area contributed by atoms with E-state index < -0.39 is 11.9 Å². The van der Waals surface area contributed by atoms with Crippen molar-refractivity contribution < 1.29 is 23.8 Å². The zero-order valence-corrected chi connectivity index (χ0v) is 19.1. The van der Waals surface area contributed by atoms with Crippen molar-refractivity contribution in [2.24, 2.45) is 0 Å². The van der Waals surface area contributed by atoms with Crippen LogP contribution in [0.15, 0.2) is 53.0 Å². The predicted octanol–water partition coefficient (Wildman–Crippen LogP) is 5.30. The van der Waals surface area contributed by atoms with E-state index in [4.69, 9.17) is 14.2 Å². The smallest absolute Gasteiger partial charge is 0.341 e. The van der Waals surface area contributed by atoms with Crippen molar-refractivity contribution >= 4 is 44.1 Å². The third-order valence-electron chi connectivity index (χ3n) is 4.29. The second-order valence-corrected chi connectivity index (χ2v) is 8.36. The first-order valence-corrected chi connectivity index (χ1v) is 10.6. The molecule has 8 heteroatoms. The molecule has 0 aliphatic rings. The summed E-state index contributed by atoms with van der Waals surface area (Å²) in [5.41, 5.74) is 1.92. The van der Waals surface area contributed by atoms with Crippen LogP contribution in [0.4, 0.5) is 5.00 Å². The lowest BCUT2D eigenvalue weighted by Crippen LogP contribution is -2.21. The van der Waals surface area contributed by atoms with E-state index in [0.29, 0.717) is 22.1 Å². The molecule has 0 saturated carbocycles. The van der Waals surface area contributed by atoms with Gasteiger partial charge in [-0.25, -0.2) is 4.79 Å². The van der Waals surface area contributed by atoms with Gasteiger partial charge in [0.05, 0.1) is 14.2 Å². The Kier molecular flexibility index (Phi) is 7.12. The summed E-state index contributed by atoms with van der Waals surface area (Å²) in [6.07, 6.45) is 0. The van der Waals surface area contributed by atoms with Crippen LogP contribution < -0.4 is 14.8 Å². The molecule has 3 rings (SSSR count). The summed E-state index contributed by atoms with van der Waals surface area (Å²) in [6, 6.07) is 14.7. The fourth-order valence-electron chi connectivity index (χ4n) is 2.94. The maximum absolute atomic E-state index is 12.5. The molecule has 1 heterocycles. The zero-order chi connectivity index (χ0) is 21.7. The number of nitrogens with one attached hydrogen (secondary N) is 1. The summed E-state index contributed by atoms with van der Waals surface area (Å²) < 4.78 is 16.7. The molecule has 30 heavy (non-hydrogen) atoms. The summed E-state index contributed by atoms with van der Waals surface area (Å²) in [6.45, 7) is 1.67. The number of hydrogen-bond acceptors (Lipinski definition) is 6. The normalized spacial score (nSPS) is 10.4. The zero-order valence-electron chi connectivity index (χ0n) is 16.7. The van der Waals surface area contributed by atoms with Gasteiger partial charge in [0.25, 0.3) is 5.91 Å². The number of esters is 1. The number of hydrogen-bond donors (Lipinski definition) is 1. The lowest BCUT2D eigenvalue weighted by molar-refractivity contribution is -0.118. The molecule has 3 aromatic rings. The Balaban J connectivity index is 1.85. The third kappa shape index (κ3) is 4.83. The van der Waals surface area contributed by atoms with Gasteiger partial charge in [-0.2, -0.15) is 0 Å². The van der Waals surface area contributed by atoms with Crippen LogP contribution in [0.5, 0.6) is 11.5 Å². The standard InChI is InChI=1S/C22H20BrNO5S/c1-13-19(14-8-10-15(23)11-9-14)20(22(26)28-3)21(30-13)24-18(25)12-29-17-7-5-4-6-16(17)27-2/h4-11H,12H2,1-3H3,(H,24,25). The topological polar surface area (TPSA) is 73.9 Å². The van der Waals surface area contributed by atoms with Gasteiger partial charge in [-0.3, -0.25) is 4.79 Å². The molecule has 1 N–H and O–H groups in total. The van der Waals surface area contributed by atoms with Crippen molar-refractivity contribution in [1.82, 2.24) is 0 Å². The van der Waals surface area contributed by atoms with Crippen LogP contribution in [-0.2, 0) is 9.53 Å². The number of thiophene rings is 1. The Morgan fingerprint density at radius 2 is 1.70 bits per heavy atom. The van der Waals surface area contributed by atoms with Gasteiger partial charge < -0.3 is 19.5 Å². The fourth-order valence-corrected chi connectivity index (χ4v) is 4.28. The number of rotatable bonds is 7. The first kappa shape index (κ1) is 21.9. The molecule has 0 aliphatic heterocycles. The molecule has 6 nitrogen and oxygen atoms in total. The Morgan fingerprint density at radius 3 is 2.33 bits per heavy atom. The summed E-state index contributed by atoms with van der Waals surface area (Å²) in [5, 5.41) is 3.20. The molecule has 0 aliphatic carbocycles. The number of methoxy groups -OCH3 is 2. The van der Waals surface area contributed by atoms with Crippen LogP contribution in [-0.4, -0.2) is 32.7 Å². The van der Waals surface area contributed by atoms with E-state index in [0.717, 1.165) is 20.5 Å². The highest BCUT2D eigenvalue weighted by Gasteiger charge is 2.25. The lowest BCUT2D eigenvalue weighted by Gasteiger charge is -2.11. The van der Waals surface area contributed by atoms with Gasteiger partial charge in [0.15, 0.2) is 18.1 Å². The second kappa shape index (κ2) is 9.77. The minimum atomic E-state index is -0.516. The molecule has 156 valence electrons. The van der Waals surface area contributed by atoms with Crippen LogP contribution in [0.25, 0.3) is 11.1 Å². The monoisotopic (exact) mass is 489 g/mol. The number of anilines is 1. The highest BCUT2D eigenvalue weighted by molar-refractivity contribution is 9.10. The minimum absolute atomic E-state index is 0.231. The number of amides is 1. The highest BCUT2D eigenvalue weighted by Crippen LogP contribution is 2.40. The number of para-hydroxylation sites is 2. The van der Waals surface area contributed by atoms with Crippen LogP contribution >= 0.6 is 27.3 Å². The number of carbonyl (C=O) groups is 2. The van der Waals surface area contributed by atoms with Gasteiger partial charge >= 0.3 is 5.97 Å². The van der Waals surface area contributed by atoms with Crippen molar-refractivity contribution in [2.75, 3.05) is 26.1 Å². The summed E-state index contributed by atoms with van der Waals surface area (Å²) in [4.78, 5) is 25.9. The van der Waals surface area contributed by atoms with E-state index >= 15 is 0 Å². The molecule has 0 spiro atoms. The van der Waals surface area contributed by atoms with Crippen molar-refractivity contribution in [1.29, 1.82) is 0 Å². The third-order valence-corrected chi connectivity index (χ3v) is 5.84. The highest BCUT2D eigenvalue weighted by atomic mass is 79.9. The molecule has 1 amide bonds. The van der Waals surface area contributed by atoms with Gasteiger partial charge in [-0.1, -0.05) is 40.2 Å². The Bertz CT molecular complexity index is 1060. The second-order valence-electron chi connectivity index (χ2n) is 6.22. The molecule has 1 aromatic heterocycles. The largest absolute Gasteiger partial charge is 0.493 e. The number of carbonyl (C=O) groups excluding carboxylic acids is 2. The first-order chi connectivity index (χ1) is 14.4. The molecule has 0 fully saturated rings. The lowest BCUT2D eigenvalue weighted by atomic mass is 10.0. The van der Waals surface area contributed by atoms with Gasteiger partial charge in [-0.05, 0) is 36.8 Å². The van der Waals surface area contributed by atoms with E-state index in [1.165, 1.54) is 25.6 Å². The fraction of sp³-hybridized carbons (Fsp3) is 0.182. The Morgan fingerprint density at radius 1 is 1.03 bits per heavy atom. The molecule has 0 bridgehead atoms. The summed E-state index contributed by atoms with van der Waals surface area (Å²) in [7, 11) is 2.85. The predicted molar refractivity (Wildman–Crippen MR) is 121 cm³/mol. The van der Waals surface area contributed by atoms with E-state index in [2.05, 4.69) is 21.2 Å². The van der Waals surface area contributed by atoms with Crippen molar-refractivity contribution in [3.8, 4) is 22.6 Å². The van der Waals surface area contributed by atoms with Crippen LogP contribution in [0.2, 0.25) is 0 Å². The van der Waals surface area contributed by atoms with Gasteiger partial charge in [0.2, 0.25) is 0 Å². The number of benzene rings is 2. The summed E-state index contributed by atoms with van der Waals surface area (Å²) in [5.74, 6) is 0.0826. The van der Waals surface area contributed by atoms with Crippen LogP contribution in [0.1, 0.15) is 15.2 Å². The van der Waals surface area contributed by atoms with E-state index in [9.17, 15) is 9.59 Å². The first-order valence-electron chi connectivity index (χ1n) is 8.98. The molecular formula is C22H20BrNO5S. The number of aryl methyl sites for hydroxylation is 1. The van der Waals surface area contributed by atoms with Crippen molar-refractivity contribution in [2.45, 2.75) is 6.92 Å². The average Bonchev–Trinajstić information content (AvgIpc) is 3.07. The van der Waals surface area contributed by atoms with E-state index in [1.807, 2.05) is 37.3 Å². The molecule has 0 unspecified atom stereocenters. The molecule has 2 aromatic carbocycles. The summed E-state index contributed by atoms with van der Waals surface area (Å²) >= 11 is 4.73. The van der Waals surface area contributed by atoms with Crippen molar-refractivity contribution in [3.63, 3.8) is 0 Å². The van der Waals surface area contributed by atoms with Crippen molar-refractivity contribution in [3.05, 3.63) is 63.4 Å². The minimum Gasteiger partial charge on any atom is -0.493 e. The number of ether oxygens (including phenoxy) is 3. The Hall–Kier alpha value is -2.84. The van der Waals surface area contributed by atoms with Gasteiger partial charge in [-0.15, -0.1) is 11.3 Å². The SMILES string of the molecule is COC(=O)c1c(NC(=O)COc2ccccc2OC)sc(C)c1-c1ccc(Br)cc1. The maximum Gasteiger partial charge on any atom is 0.341 e. The van der Waals surface area contributed by atoms with Crippen LogP contribution in [0.3, 0.4) is 0 Å². The number of halogens is 1. The van der Waals surface area contributed by atoms with Gasteiger partial charge in [0, 0.05) is 14.9 Å². The van der Waals surface area contributed by atoms with Gasteiger partial charge in [0.1, 0.15) is 10.6 Å². The molecule has 0 atom stereocenters. The van der Waals surface area contributed by atoms with Crippen LogP contribution in [0, 0.1) is 6.92 Å². The molecule has 0 saturated heterocycles. The van der Waals surface area contributed by atoms with E-state index in [1.54, 1.807) is 18.2 Å². The maximum atomic E-state index is 12.5. The molecular weight excluding hydrogens is 470 g/mol. The Labute approximate surface area is 186 Å².